The zero-order chi connectivity index (χ0) is 18.5. The Morgan fingerprint density at radius 1 is 1.12 bits per heavy atom. The van der Waals surface area contributed by atoms with Crippen LogP contribution in [-0.2, 0) is 4.79 Å². The van der Waals surface area contributed by atoms with Gasteiger partial charge in [-0.05, 0) is 55.0 Å². The summed E-state index contributed by atoms with van der Waals surface area (Å²) in [5.74, 6) is -0.299. The number of nitrogens with zero attached hydrogens (tertiary/aromatic N) is 2. The minimum Gasteiger partial charge on any atom is -0.481 e. The van der Waals surface area contributed by atoms with Crippen molar-refractivity contribution >= 4 is 22.6 Å². The minimum atomic E-state index is -0.751. The van der Waals surface area contributed by atoms with Gasteiger partial charge in [-0.25, -0.2) is 8.78 Å². The van der Waals surface area contributed by atoms with E-state index in [-0.39, 0.29) is 17.5 Å². The standard InChI is InChI=1S/C18H15F2N3O2S/c1-2-15(25-14-9-7-13(20)8-10-14)17(24)22-18-21-16(23-26-18)11-3-5-12(19)6-4-11/h3-10,15H,2H2,1H3,(H,21,22,23,24)/t15-/m0/s1. The number of ether oxygens (including phenoxy) is 1. The van der Waals surface area contributed by atoms with Crippen LogP contribution in [0.2, 0.25) is 0 Å². The van der Waals surface area contributed by atoms with Crippen LogP contribution in [0, 0.1) is 11.6 Å². The number of nitrogens with one attached hydrogen (secondary N) is 1. The first kappa shape index (κ1) is 17.9. The maximum absolute atomic E-state index is 13.0. The molecular weight excluding hydrogens is 360 g/mol. The van der Waals surface area contributed by atoms with Crippen molar-refractivity contribution in [2.24, 2.45) is 0 Å². The number of anilines is 1. The average molecular weight is 375 g/mol. The van der Waals surface area contributed by atoms with Gasteiger partial charge in [-0.3, -0.25) is 10.1 Å². The monoisotopic (exact) mass is 375 g/mol. The van der Waals surface area contributed by atoms with Gasteiger partial charge in [-0.2, -0.15) is 9.36 Å². The summed E-state index contributed by atoms with van der Waals surface area (Å²) in [6, 6.07) is 11.2. The third-order valence-corrected chi connectivity index (χ3v) is 4.14. The van der Waals surface area contributed by atoms with E-state index < -0.39 is 6.10 Å². The van der Waals surface area contributed by atoms with E-state index in [2.05, 4.69) is 14.7 Å². The molecule has 0 spiro atoms. The molecule has 1 amide bonds. The van der Waals surface area contributed by atoms with E-state index in [0.717, 1.165) is 11.5 Å². The summed E-state index contributed by atoms with van der Waals surface area (Å²) in [7, 11) is 0. The summed E-state index contributed by atoms with van der Waals surface area (Å²) in [4.78, 5) is 16.6. The lowest BCUT2D eigenvalue weighted by atomic mass is 10.2. The number of amides is 1. The fraction of sp³-hybridized carbons (Fsp3) is 0.167. The molecule has 0 radical (unpaired) electrons. The fourth-order valence-electron chi connectivity index (χ4n) is 2.18. The van der Waals surface area contributed by atoms with E-state index in [9.17, 15) is 13.6 Å². The molecule has 134 valence electrons. The molecular formula is C18H15F2N3O2S. The molecule has 0 saturated heterocycles. The molecule has 3 aromatic rings. The van der Waals surface area contributed by atoms with Crippen molar-refractivity contribution in [3.63, 3.8) is 0 Å². The van der Waals surface area contributed by atoms with Gasteiger partial charge in [-0.15, -0.1) is 0 Å². The molecule has 1 aromatic heterocycles. The van der Waals surface area contributed by atoms with Crippen LogP contribution in [0.15, 0.2) is 48.5 Å². The van der Waals surface area contributed by atoms with Crippen molar-refractivity contribution in [1.82, 2.24) is 9.36 Å². The van der Waals surface area contributed by atoms with Crippen LogP contribution in [-0.4, -0.2) is 21.4 Å². The maximum atomic E-state index is 13.0. The Morgan fingerprint density at radius 2 is 1.73 bits per heavy atom. The number of benzene rings is 2. The SMILES string of the molecule is CC[C@H](Oc1ccc(F)cc1)C(=O)Nc1nc(-c2ccc(F)cc2)ns1. The van der Waals surface area contributed by atoms with Crippen LogP contribution >= 0.6 is 11.5 Å². The van der Waals surface area contributed by atoms with E-state index in [1.54, 1.807) is 19.1 Å². The predicted octanol–water partition coefficient (Wildman–Crippen LogP) is 4.28. The lowest BCUT2D eigenvalue weighted by Crippen LogP contribution is -2.32. The van der Waals surface area contributed by atoms with Crippen LogP contribution in [0.4, 0.5) is 13.9 Å². The van der Waals surface area contributed by atoms with Crippen molar-refractivity contribution in [2.75, 3.05) is 5.32 Å². The van der Waals surface area contributed by atoms with Crippen LogP contribution in [0.1, 0.15) is 13.3 Å². The molecule has 0 aliphatic rings. The van der Waals surface area contributed by atoms with Crippen molar-refractivity contribution in [2.45, 2.75) is 19.4 Å². The molecule has 0 saturated carbocycles. The highest BCUT2D eigenvalue weighted by atomic mass is 32.1. The van der Waals surface area contributed by atoms with Crippen molar-refractivity contribution in [3.05, 3.63) is 60.2 Å². The Hall–Kier alpha value is -2.87. The molecule has 2 aromatic carbocycles. The lowest BCUT2D eigenvalue weighted by molar-refractivity contribution is -0.122. The molecule has 0 fully saturated rings. The first-order valence-electron chi connectivity index (χ1n) is 7.88. The van der Waals surface area contributed by atoms with Gasteiger partial charge in [0, 0.05) is 17.1 Å². The number of halogens is 2. The normalized spacial score (nSPS) is 11.8. The predicted molar refractivity (Wildman–Crippen MR) is 95.0 cm³/mol. The number of carbonyl (C=O) groups excluding carboxylic acids is 1. The number of aromatic nitrogens is 2. The van der Waals surface area contributed by atoms with Gasteiger partial charge in [0.25, 0.3) is 5.91 Å². The second kappa shape index (κ2) is 8.01. The van der Waals surface area contributed by atoms with Crippen LogP contribution < -0.4 is 10.1 Å². The summed E-state index contributed by atoms with van der Waals surface area (Å²) >= 11 is 1.02. The highest BCUT2D eigenvalue weighted by Crippen LogP contribution is 2.22. The number of hydrogen-bond donors (Lipinski definition) is 1. The Balaban J connectivity index is 1.66. The van der Waals surface area contributed by atoms with Crippen LogP contribution in [0.25, 0.3) is 11.4 Å². The molecule has 1 heterocycles. The fourth-order valence-corrected chi connectivity index (χ4v) is 2.77. The van der Waals surface area contributed by atoms with Gasteiger partial charge in [0.2, 0.25) is 5.13 Å². The third-order valence-electron chi connectivity index (χ3n) is 3.51. The average Bonchev–Trinajstić information content (AvgIpc) is 3.10. The molecule has 3 rings (SSSR count). The van der Waals surface area contributed by atoms with E-state index in [4.69, 9.17) is 4.74 Å². The van der Waals surface area contributed by atoms with Crippen LogP contribution in [0.5, 0.6) is 5.75 Å². The Kier molecular flexibility index (Phi) is 5.52. The van der Waals surface area contributed by atoms with Gasteiger partial charge >= 0.3 is 0 Å². The lowest BCUT2D eigenvalue weighted by Gasteiger charge is -2.16. The Morgan fingerprint density at radius 3 is 2.35 bits per heavy atom. The zero-order valence-corrected chi connectivity index (χ0v) is 14.6. The quantitative estimate of drug-likeness (QED) is 0.698. The molecule has 0 aliphatic heterocycles. The largest absolute Gasteiger partial charge is 0.481 e. The summed E-state index contributed by atoms with van der Waals surface area (Å²) in [5.41, 5.74) is 0.651. The molecule has 0 aliphatic carbocycles. The zero-order valence-electron chi connectivity index (χ0n) is 13.8. The molecule has 0 unspecified atom stereocenters. The number of rotatable bonds is 6. The summed E-state index contributed by atoms with van der Waals surface area (Å²) in [5, 5.41) is 2.97. The van der Waals surface area contributed by atoms with Crippen molar-refractivity contribution in [1.29, 1.82) is 0 Å². The van der Waals surface area contributed by atoms with Crippen molar-refractivity contribution in [3.8, 4) is 17.1 Å². The van der Waals surface area contributed by atoms with E-state index >= 15 is 0 Å². The van der Waals surface area contributed by atoms with Gasteiger partial charge in [0.1, 0.15) is 17.4 Å². The second-order valence-electron chi connectivity index (χ2n) is 5.39. The smallest absolute Gasteiger partial charge is 0.267 e. The number of hydrogen-bond acceptors (Lipinski definition) is 5. The van der Waals surface area contributed by atoms with E-state index in [1.165, 1.54) is 36.4 Å². The topological polar surface area (TPSA) is 64.1 Å². The highest BCUT2D eigenvalue weighted by Gasteiger charge is 2.20. The molecule has 26 heavy (non-hydrogen) atoms. The van der Waals surface area contributed by atoms with Gasteiger partial charge in [0.05, 0.1) is 0 Å². The Labute approximate surface area is 152 Å². The van der Waals surface area contributed by atoms with Crippen LogP contribution in [0.3, 0.4) is 0 Å². The Bertz CT molecular complexity index is 882. The van der Waals surface area contributed by atoms with E-state index in [1.807, 2.05) is 0 Å². The summed E-state index contributed by atoms with van der Waals surface area (Å²) in [6.07, 6.45) is -0.328. The first-order chi connectivity index (χ1) is 12.5. The summed E-state index contributed by atoms with van der Waals surface area (Å²) < 4.78 is 35.7. The van der Waals surface area contributed by atoms with Gasteiger partial charge in [-0.1, -0.05) is 6.92 Å². The highest BCUT2D eigenvalue weighted by molar-refractivity contribution is 7.10. The molecule has 5 nitrogen and oxygen atoms in total. The minimum absolute atomic E-state index is 0.315. The van der Waals surface area contributed by atoms with Crippen molar-refractivity contribution < 1.29 is 18.3 Å². The molecule has 1 atom stereocenters. The number of carbonyl (C=O) groups is 1. The maximum Gasteiger partial charge on any atom is 0.267 e. The first-order valence-corrected chi connectivity index (χ1v) is 8.65. The summed E-state index contributed by atoms with van der Waals surface area (Å²) in [6.45, 7) is 1.80. The van der Waals surface area contributed by atoms with E-state index in [0.29, 0.717) is 28.7 Å². The molecule has 1 N–H and O–H groups in total. The molecule has 8 heteroatoms. The van der Waals surface area contributed by atoms with Gasteiger partial charge in [0.15, 0.2) is 11.9 Å². The third kappa shape index (κ3) is 4.40. The molecule has 0 bridgehead atoms. The van der Waals surface area contributed by atoms with Gasteiger partial charge < -0.3 is 4.74 Å². The second-order valence-corrected chi connectivity index (χ2v) is 6.14.